The Balaban J connectivity index is 2.02. The molecule has 2 N–H and O–H groups in total. The Kier molecular flexibility index (Phi) is 4.07. The van der Waals surface area contributed by atoms with E-state index in [0.29, 0.717) is 22.0 Å². The highest BCUT2D eigenvalue weighted by Crippen LogP contribution is 2.31. The Bertz CT molecular complexity index is 874. The van der Waals surface area contributed by atoms with Crippen LogP contribution in [0.2, 0.25) is 0 Å². The number of aromatic nitrogens is 3. The second-order valence-corrected chi connectivity index (χ2v) is 6.18. The first kappa shape index (κ1) is 15.2. The van der Waals surface area contributed by atoms with Gasteiger partial charge in [0, 0.05) is 11.1 Å². The quantitative estimate of drug-likeness (QED) is 0.739. The molecule has 0 fully saturated rings. The highest BCUT2D eigenvalue weighted by atomic mass is 32.2. The van der Waals surface area contributed by atoms with Gasteiger partial charge in [0.15, 0.2) is 0 Å². The number of carboxylic acid groups (broad SMARTS) is 1. The van der Waals surface area contributed by atoms with Gasteiger partial charge < -0.3 is 14.8 Å². The van der Waals surface area contributed by atoms with E-state index in [-0.39, 0.29) is 0 Å². The first-order valence-corrected chi connectivity index (χ1v) is 7.98. The van der Waals surface area contributed by atoms with Crippen molar-refractivity contribution in [3.8, 4) is 17.1 Å². The van der Waals surface area contributed by atoms with Gasteiger partial charge in [-0.15, -0.1) is 0 Å². The van der Waals surface area contributed by atoms with Crippen molar-refractivity contribution in [1.82, 2.24) is 15.0 Å². The van der Waals surface area contributed by atoms with Crippen molar-refractivity contribution < 1.29 is 18.8 Å². The van der Waals surface area contributed by atoms with Crippen LogP contribution in [0.25, 0.3) is 22.4 Å². The van der Waals surface area contributed by atoms with E-state index in [1.807, 2.05) is 0 Å². The third-order valence-corrected chi connectivity index (χ3v) is 4.52. The number of rotatable bonds is 5. The van der Waals surface area contributed by atoms with Gasteiger partial charge in [0.2, 0.25) is 0 Å². The number of aromatic amines is 1. The summed E-state index contributed by atoms with van der Waals surface area (Å²) in [4.78, 5) is 22.7. The van der Waals surface area contributed by atoms with Crippen molar-refractivity contribution in [1.29, 1.82) is 0 Å². The molecule has 8 heteroatoms. The van der Waals surface area contributed by atoms with Crippen molar-refractivity contribution in [2.24, 2.45) is 0 Å². The SMILES string of the molecule is COc1cc(S(=O)CC(=O)O)ccc1-c1nc2ccncc2[nH]1. The Hall–Kier alpha value is -2.74. The Morgan fingerprint density at radius 2 is 2.22 bits per heavy atom. The molecule has 118 valence electrons. The van der Waals surface area contributed by atoms with Crippen molar-refractivity contribution in [3.63, 3.8) is 0 Å². The number of nitrogens with one attached hydrogen (secondary N) is 1. The largest absolute Gasteiger partial charge is 0.496 e. The fraction of sp³-hybridized carbons (Fsp3) is 0.133. The second kappa shape index (κ2) is 6.17. The number of carboxylic acids is 1. The standard InChI is InChI=1S/C15H13N3O4S/c1-22-13-6-9(23(21)8-14(19)20)2-3-10(13)15-17-11-4-5-16-7-12(11)18-15/h2-7H,8H2,1H3,(H,17,18)(H,19,20). The lowest BCUT2D eigenvalue weighted by Crippen LogP contribution is -2.09. The number of hydrogen-bond donors (Lipinski definition) is 2. The van der Waals surface area contributed by atoms with Crippen LogP contribution in [-0.4, -0.2) is 43.1 Å². The minimum atomic E-state index is -1.62. The van der Waals surface area contributed by atoms with E-state index < -0.39 is 22.5 Å². The zero-order chi connectivity index (χ0) is 16.4. The summed E-state index contributed by atoms with van der Waals surface area (Å²) < 4.78 is 17.3. The molecule has 1 unspecified atom stereocenters. The summed E-state index contributed by atoms with van der Waals surface area (Å²) in [5.74, 6) is -0.497. The average Bonchev–Trinajstić information content (AvgIpc) is 2.97. The van der Waals surface area contributed by atoms with Gasteiger partial charge in [0.05, 0.1) is 40.7 Å². The van der Waals surface area contributed by atoms with Crippen molar-refractivity contribution >= 4 is 27.8 Å². The van der Waals surface area contributed by atoms with E-state index in [4.69, 9.17) is 9.84 Å². The predicted molar refractivity (Wildman–Crippen MR) is 84.8 cm³/mol. The molecule has 2 heterocycles. The Labute approximate surface area is 133 Å². The summed E-state index contributed by atoms with van der Waals surface area (Å²) >= 11 is 0. The maximum atomic E-state index is 12.0. The zero-order valence-electron chi connectivity index (χ0n) is 12.1. The number of pyridine rings is 1. The van der Waals surface area contributed by atoms with Crippen molar-refractivity contribution in [3.05, 3.63) is 36.7 Å². The number of aliphatic carboxylic acids is 1. The fourth-order valence-electron chi connectivity index (χ4n) is 2.19. The molecule has 0 spiro atoms. The topological polar surface area (TPSA) is 105 Å². The molecule has 1 aromatic carbocycles. The van der Waals surface area contributed by atoms with E-state index >= 15 is 0 Å². The van der Waals surface area contributed by atoms with Gasteiger partial charge in [0.1, 0.15) is 17.3 Å². The third-order valence-electron chi connectivity index (χ3n) is 3.23. The second-order valence-electron chi connectivity index (χ2n) is 4.72. The molecular formula is C15H13N3O4S. The molecule has 2 aromatic heterocycles. The summed E-state index contributed by atoms with van der Waals surface area (Å²) in [6.07, 6.45) is 3.33. The lowest BCUT2D eigenvalue weighted by Gasteiger charge is -2.08. The number of H-pyrrole nitrogens is 1. The summed E-state index contributed by atoms with van der Waals surface area (Å²) in [6, 6.07) is 6.68. The number of benzene rings is 1. The van der Waals surface area contributed by atoms with Crippen LogP contribution >= 0.6 is 0 Å². The van der Waals surface area contributed by atoms with Crippen LogP contribution in [0, 0.1) is 0 Å². The number of imidazole rings is 1. The number of methoxy groups -OCH3 is 1. The normalized spacial score (nSPS) is 12.2. The summed E-state index contributed by atoms with van der Waals surface area (Å²) in [5.41, 5.74) is 2.26. The van der Waals surface area contributed by atoms with Crippen molar-refractivity contribution in [2.75, 3.05) is 12.9 Å². The smallest absolute Gasteiger partial charge is 0.316 e. The summed E-state index contributed by atoms with van der Waals surface area (Å²) in [7, 11) is -0.132. The van der Waals surface area contributed by atoms with Gasteiger partial charge in [-0.25, -0.2) is 4.98 Å². The van der Waals surface area contributed by atoms with E-state index in [2.05, 4.69) is 15.0 Å². The van der Waals surface area contributed by atoms with Crippen LogP contribution in [-0.2, 0) is 15.6 Å². The molecule has 0 aliphatic heterocycles. The Morgan fingerprint density at radius 1 is 1.39 bits per heavy atom. The first-order chi connectivity index (χ1) is 11.1. The summed E-state index contributed by atoms with van der Waals surface area (Å²) in [5, 5.41) is 8.74. The molecule has 0 saturated heterocycles. The van der Waals surface area contributed by atoms with Gasteiger partial charge in [-0.1, -0.05) is 0 Å². The zero-order valence-corrected chi connectivity index (χ0v) is 13.0. The van der Waals surface area contributed by atoms with Crippen LogP contribution < -0.4 is 4.74 Å². The fourth-order valence-corrected chi connectivity index (χ4v) is 3.04. The molecule has 3 rings (SSSR count). The molecule has 0 bridgehead atoms. The molecule has 3 aromatic rings. The average molecular weight is 331 g/mol. The highest BCUT2D eigenvalue weighted by molar-refractivity contribution is 7.85. The van der Waals surface area contributed by atoms with Crippen LogP contribution in [0.4, 0.5) is 0 Å². The molecule has 0 amide bonds. The van der Waals surface area contributed by atoms with E-state index in [1.54, 1.807) is 36.7 Å². The van der Waals surface area contributed by atoms with Crippen LogP contribution in [0.15, 0.2) is 41.6 Å². The minimum Gasteiger partial charge on any atom is -0.496 e. The molecule has 0 aliphatic rings. The molecule has 1 atom stereocenters. The van der Waals surface area contributed by atoms with E-state index in [0.717, 1.165) is 11.0 Å². The molecule has 7 nitrogen and oxygen atoms in total. The van der Waals surface area contributed by atoms with E-state index in [9.17, 15) is 9.00 Å². The minimum absolute atomic E-state index is 0.394. The van der Waals surface area contributed by atoms with E-state index in [1.165, 1.54) is 7.11 Å². The van der Waals surface area contributed by atoms with Crippen molar-refractivity contribution in [2.45, 2.75) is 4.90 Å². The van der Waals surface area contributed by atoms with Gasteiger partial charge in [0.25, 0.3) is 0 Å². The number of nitrogens with zero attached hydrogens (tertiary/aromatic N) is 2. The van der Waals surface area contributed by atoms with Gasteiger partial charge in [-0.2, -0.15) is 0 Å². The first-order valence-electron chi connectivity index (χ1n) is 6.67. The molecule has 23 heavy (non-hydrogen) atoms. The number of carbonyl (C=O) groups is 1. The summed E-state index contributed by atoms with van der Waals surface area (Å²) in [6.45, 7) is 0. The third kappa shape index (κ3) is 3.07. The van der Waals surface area contributed by atoms with Crippen LogP contribution in [0.1, 0.15) is 0 Å². The lowest BCUT2D eigenvalue weighted by atomic mass is 10.2. The number of ether oxygens (including phenoxy) is 1. The Morgan fingerprint density at radius 3 is 2.91 bits per heavy atom. The van der Waals surface area contributed by atoms with Crippen LogP contribution in [0.3, 0.4) is 0 Å². The molecule has 0 saturated carbocycles. The molecule has 0 radical (unpaired) electrons. The number of hydrogen-bond acceptors (Lipinski definition) is 5. The van der Waals surface area contributed by atoms with Gasteiger partial charge >= 0.3 is 5.97 Å². The number of fused-ring (bicyclic) bond motifs is 1. The maximum absolute atomic E-state index is 12.0. The predicted octanol–water partition coefficient (Wildman–Crippen LogP) is 1.83. The maximum Gasteiger partial charge on any atom is 0.316 e. The lowest BCUT2D eigenvalue weighted by molar-refractivity contribution is -0.133. The monoisotopic (exact) mass is 331 g/mol. The highest BCUT2D eigenvalue weighted by Gasteiger charge is 2.15. The molecular weight excluding hydrogens is 318 g/mol. The van der Waals surface area contributed by atoms with Gasteiger partial charge in [-0.3, -0.25) is 14.0 Å². The van der Waals surface area contributed by atoms with Crippen LogP contribution in [0.5, 0.6) is 5.75 Å². The van der Waals surface area contributed by atoms with Gasteiger partial charge in [-0.05, 0) is 24.3 Å². The molecule has 0 aliphatic carbocycles.